The smallest absolute Gasteiger partial charge is 0.0661 e. The normalized spacial score (nSPS) is 11.1. The number of rotatable bonds is 3. The van der Waals surface area contributed by atoms with Crippen LogP contribution < -0.4 is 5.32 Å². The summed E-state index contributed by atoms with van der Waals surface area (Å²) in [6, 6.07) is 6.47. The van der Waals surface area contributed by atoms with Crippen LogP contribution >= 0.6 is 11.6 Å². The molecular formula is C12H15ClN2. The summed E-state index contributed by atoms with van der Waals surface area (Å²) in [7, 11) is 3.98. The molecule has 0 saturated carbocycles. The molecule has 0 aliphatic carbocycles. The predicted molar refractivity (Wildman–Crippen MR) is 65.6 cm³/mol. The number of nitrogens with one attached hydrogen (secondary N) is 1. The number of likely N-dealkylation sites (N-methyl/N-ethyl adjacent to an activating group) is 1. The maximum atomic E-state index is 6.15. The van der Waals surface area contributed by atoms with Crippen LogP contribution in [0.5, 0.6) is 0 Å². The van der Waals surface area contributed by atoms with Gasteiger partial charge in [-0.3, -0.25) is 0 Å². The van der Waals surface area contributed by atoms with Gasteiger partial charge in [-0.15, -0.1) is 0 Å². The fourth-order valence-electron chi connectivity index (χ4n) is 1.82. The van der Waals surface area contributed by atoms with E-state index in [9.17, 15) is 0 Å². The Morgan fingerprint density at radius 1 is 1.40 bits per heavy atom. The largest absolute Gasteiger partial charge is 0.349 e. The van der Waals surface area contributed by atoms with Gasteiger partial charge < -0.3 is 9.88 Å². The summed E-state index contributed by atoms with van der Waals surface area (Å²) in [5.74, 6) is 0. The fraction of sp³-hybridized carbons (Fsp3) is 0.333. The SMILES string of the molecule is CNCCc1ccc2c(c1)c(Cl)cn2C. The summed E-state index contributed by atoms with van der Waals surface area (Å²) in [6.45, 7) is 0.996. The summed E-state index contributed by atoms with van der Waals surface area (Å²) in [5, 5.41) is 5.12. The van der Waals surface area contributed by atoms with E-state index < -0.39 is 0 Å². The van der Waals surface area contributed by atoms with E-state index in [-0.39, 0.29) is 0 Å². The van der Waals surface area contributed by atoms with Crippen LogP contribution in [0.15, 0.2) is 24.4 Å². The van der Waals surface area contributed by atoms with Gasteiger partial charge in [0.05, 0.1) is 5.02 Å². The van der Waals surface area contributed by atoms with Crippen molar-refractivity contribution < 1.29 is 0 Å². The Bertz CT molecular complexity index is 474. The van der Waals surface area contributed by atoms with E-state index >= 15 is 0 Å². The highest BCUT2D eigenvalue weighted by molar-refractivity contribution is 6.35. The molecule has 2 aromatic rings. The lowest BCUT2D eigenvalue weighted by atomic mass is 10.1. The summed E-state index contributed by atoms with van der Waals surface area (Å²) in [6.07, 6.45) is 2.99. The molecule has 2 nitrogen and oxygen atoms in total. The topological polar surface area (TPSA) is 17.0 Å². The third-order valence-corrected chi connectivity index (χ3v) is 2.97. The molecule has 1 heterocycles. The van der Waals surface area contributed by atoms with E-state index in [1.807, 2.05) is 20.3 Å². The van der Waals surface area contributed by atoms with Crippen molar-refractivity contribution in [2.24, 2.45) is 7.05 Å². The molecule has 0 spiro atoms. The van der Waals surface area contributed by atoms with Crippen molar-refractivity contribution in [2.45, 2.75) is 6.42 Å². The molecule has 0 saturated heterocycles. The van der Waals surface area contributed by atoms with Gasteiger partial charge in [-0.2, -0.15) is 0 Å². The zero-order chi connectivity index (χ0) is 10.8. The molecule has 1 aromatic carbocycles. The Morgan fingerprint density at radius 3 is 2.93 bits per heavy atom. The summed E-state index contributed by atoms with van der Waals surface area (Å²) < 4.78 is 2.06. The molecule has 0 aliphatic heterocycles. The number of nitrogens with zero attached hydrogens (tertiary/aromatic N) is 1. The lowest BCUT2D eigenvalue weighted by Gasteiger charge is -2.02. The van der Waals surface area contributed by atoms with Crippen molar-refractivity contribution in [3.8, 4) is 0 Å². The average molecular weight is 223 g/mol. The minimum atomic E-state index is 0.832. The first-order valence-electron chi connectivity index (χ1n) is 5.10. The molecule has 1 N–H and O–H groups in total. The highest BCUT2D eigenvalue weighted by Crippen LogP contribution is 2.25. The van der Waals surface area contributed by atoms with Crippen LogP contribution in [0.3, 0.4) is 0 Å². The Labute approximate surface area is 94.8 Å². The molecule has 15 heavy (non-hydrogen) atoms. The summed E-state index contributed by atoms with van der Waals surface area (Å²) >= 11 is 6.15. The van der Waals surface area contributed by atoms with Gasteiger partial charge in [0.15, 0.2) is 0 Å². The van der Waals surface area contributed by atoms with Crippen LogP contribution in [0.1, 0.15) is 5.56 Å². The van der Waals surface area contributed by atoms with Gasteiger partial charge >= 0.3 is 0 Å². The Kier molecular flexibility index (Phi) is 2.98. The molecule has 1 aromatic heterocycles. The van der Waals surface area contributed by atoms with Gasteiger partial charge in [-0.25, -0.2) is 0 Å². The van der Waals surface area contributed by atoms with Crippen LogP contribution in [0.4, 0.5) is 0 Å². The number of halogens is 1. The van der Waals surface area contributed by atoms with Gasteiger partial charge in [-0.1, -0.05) is 17.7 Å². The predicted octanol–water partition coefficient (Wildman–Crippen LogP) is 2.59. The Hall–Kier alpha value is -0.990. The van der Waals surface area contributed by atoms with Gasteiger partial charge in [0.1, 0.15) is 0 Å². The highest BCUT2D eigenvalue weighted by Gasteiger charge is 2.04. The number of fused-ring (bicyclic) bond motifs is 1. The van der Waals surface area contributed by atoms with E-state index in [0.29, 0.717) is 0 Å². The number of hydrogen-bond acceptors (Lipinski definition) is 1. The number of aromatic nitrogens is 1. The average Bonchev–Trinajstić information content (AvgIpc) is 2.52. The molecule has 0 radical (unpaired) electrons. The van der Waals surface area contributed by atoms with Crippen molar-refractivity contribution in [1.82, 2.24) is 9.88 Å². The molecule has 0 unspecified atom stereocenters. The second kappa shape index (κ2) is 4.25. The Morgan fingerprint density at radius 2 is 2.20 bits per heavy atom. The monoisotopic (exact) mass is 222 g/mol. The quantitative estimate of drug-likeness (QED) is 0.845. The van der Waals surface area contributed by atoms with E-state index in [2.05, 4.69) is 28.1 Å². The van der Waals surface area contributed by atoms with Crippen molar-refractivity contribution >= 4 is 22.5 Å². The van der Waals surface area contributed by atoms with Crippen molar-refractivity contribution in [1.29, 1.82) is 0 Å². The lowest BCUT2D eigenvalue weighted by Crippen LogP contribution is -2.10. The van der Waals surface area contributed by atoms with E-state index in [1.54, 1.807) is 0 Å². The first-order chi connectivity index (χ1) is 7.22. The molecule has 0 aliphatic rings. The third kappa shape index (κ3) is 2.01. The molecule has 0 bridgehead atoms. The number of aryl methyl sites for hydroxylation is 1. The summed E-state index contributed by atoms with van der Waals surface area (Å²) in [5.41, 5.74) is 2.51. The minimum absolute atomic E-state index is 0.832. The van der Waals surface area contributed by atoms with Crippen molar-refractivity contribution in [3.63, 3.8) is 0 Å². The molecule has 0 atom stereocenters. The van der Waals surface area contributed by atoms with Gasteiger partial charge in [0.2, 0.25) is 0 Å². The van der Waals surface area contributed by atoms with Crippen LogP contribution in [-0.2, 0) is 13.5 Å². The third-order valence-electron chi connectivity index (χ3n) is 2.67. The first kappa shape index (κ1) is 10.5. The summed E-state index contributed by atoms with van der Waals surface area (Å²) in [4.78, 5) is 0. The van der Waals surface area contributed by atoms with E-state index in [0.717, 1.165) is 23.4 Å². The maximum absolute atomic E-state index is 6.15. The molecule has 0 amide bonds. The standard InChI is InChI=1S/C12H15ClN2/c1-14-6-5-9-3-4-12-10(7-9)11(13)8-15(12)2/h3-4,7-8,14H,5-6H2,1-2H3. The van der Waals surface area contributed by atoms with Crippen LogP contribution in [0, 0.1) is 0 Å². The van der Waals surface area contributed by atoms with E-state index in [4.69, 9.17) is 11.6 Å². The lowest BCUT2D eigenvalue weighted by molar-refractivity contribution is 0.792. The van der Waals surface area contributed by atoms with Crippen molar-refractivity contribution in [3.05, 3.63) is 35.0 Å². The number of benzene rings is 1. The van der Waals surface area contributed by atoms with Crippen molar-refractivity contribution in [2.75, 3.05) is 13.6 Å². The van der Waals surface area contributed by atoms with Crippen LogP contribution in [0.25, 0.3) is 10.9 Å². The molecule has 0 fully saturated rings. The first-order valence-corrected chi connectivity index (χ1v) is 5.48. The van der Waals surface area contributed by atoms with Gasteiger partial charge in [-0.05, 0) is 37.7 Å². The van der Waals surface area contributed by atoms with Gasteiger partial charge in [0, 0.05) is 24.1 Å². The van der Waals surface area contributed by atoms with E-state index in [1.165, 1.54) is 11.1 Å². The van der Waals surface area contributed by atoms with Crippen LogP contribution in [0.2, 0.25) is 5.02 Å². The molecule has 2 rings (SSSR count). The zero-order valence-corrected chi connectivity index (χ0v) is 9.80. The number of hydrogen-bond donors (Lipinski definition) is 1. The fourth-order valence-corrected chi connectivity index (χ4v) is 2.11. The van der Waals surface area contributed by atoms with Crippen LogP contribution in [-0.4, -0.2) is 18.2 Å². The Balaban J connectivity index is 2.41. The van der Waals surface area contributed by atoms with Gasteiger partial charge in [0.25, 0.3) is 0 Å². The zero-order valence-electron chi connectivity index (χ0n) is 9.05. The minimum Gasteiger partial charge on any atom is -0.349 e. The second-order valence-corrected chi connectivity index (χ2v) is 4.20. The molecular weight excluding hydrogens is 208 g/mol. The molecule has 3 heteroatoms. The molecule has 80 valence electrons. The highest BCUT2D eigenvalue weighted by atomic mass is 35.5. The maximum Gasteiger partial charge on any atom is 0.0661 e. The second-order valence-electron chi connectivity index (χ2n) is 3.79.